The Labute approximate surface area is 128 Å². The lowest BCUT2D eigenvalue weighted by Crippen LogP contribution is -2.50. The Hall–Kier alpha value is -0.810. The quantitative estimate of drug-likeness (QED) is 0.866. The van der Waals surface area contributed by atoms with Crippen molar-refractivity contribution in [3.63, 3.8) is 0 Å². The first-order chi connectivity index (χ1) is 9.42. The molecule has 0 radical (unpaired) electrons. The fourth-order valence-electron chi connectivity index (χ4n) is 2.69. The lowest BCUT2D eigenvalue weighted by Gasteiger charge is -2.35. The zero-order valence-electron chi connectivity index (χ0n) is 14.5. The third-order valence-electron chi connectivity index (χ3n) is 3.45. The molecule has 0 bridgehead atoms. The number of aliphatic hydroxyl groups excluding tert-OH is 1. The number of rotatable bonds is 4. The van der Waals surface area contributed by atoms with Gasteiger partial charge in [0.15, 0.2) is 0 Å². The molecule has 1 aliphatic heterocycles. The Balaban J connectivity index is 2.77. The zero-order chi connectivity index (χ0) is 16.4. The summed E-state index contributed by atoms with van der Waals surface area (Å²) in [5.74, 6) is 0.422. The number of amides is 1. The van der Waals surface area contributed by atoms with Gasteiger partial charge in [0.05, 0.1) is 18.8 Å². The smallest absolute Gasteiger partial charge is 0.412 e. The highest BCUT2D eigenvalue weighted by molar-refractivity contribution is 5.69. The van der Waals surface area contributed by atoms with E-state index in [1.54, 1.807) is 4.90 Å². The molecular weight excluding hydrogens is 270 g/mol. The van der Waals surface area contributed by atoms with E-state index in [0.29, 0.717) is 18.9 Å². The monoisotopic (exact) mass is 301 g/mol. The van der Waals surface area contributed by atoms with Crippen molar-refractivity contribution >= 4 is 6.09 Å². The molecule has 0 spiro atoms. The second kappa shape index (κ2) is 6.53. The maximum Gasteiger partial charge on any atom is 0.412 e. The van der Waals surface area contributed by atoms with Gasteiger partial charge in [0, 0.05) is 0 Å². The van der Waals surface area contributed by atoms with Gasteiger partial charge in [-0.25, -0.2) is 4.79 Å². The molecule has 0 aromatic rings. The number of nitrogens with zero attached hydrogens (tertiary/aromatic N) is 1. The van der Waals surface area contributed by atoms with E-state index in [0.717, 1.165) is 6.42 Å². The van der Waals surface area contributed by atoms with Gasteiger partial charge in [0.25, 0.3) is 0 Å². The van der Waals surface area contributed by atoms with Crippen molar-refractivity contribution in [2.75, 3.05) is 6.61 Å². The normalized spacial score (nSPS) is 23.5. The van der Waals surface area contributed by atoms with Crippen LogP contribution in [0.5, 0.6) is 0 Å². The van der Waals surface area contributed by atoms with Crippen LogP contribution in [0.4, 0.5) is 4.79 Å². The average Bonchev–Trinajstić information content (AvgIpc) is 2.49. The van der Waals surface area contributed by atoms with E-state index in [9.17, 15) is 9.90 Å². The van der Waals surface area contributed by atoms with Crippen molar-refractivity contribution in [2.24, 2.45) is 5.92 Å². The van der Waals surface area contributed by atoms with E-state index in [2.05, 4.69) is 13.8 Å². The summed E-state index contributed by atoms with van der Waals surface area (Å²) in [6.07, 6.45) is 0.420. The average molecular weight is 301 g/mol. The first-order valence-electron chi connectivity index (χ1n) is 7.76. The Morgan fingerprint density at radius 2 is 2.00 bits per heavy atom. The predicted molar refractivity (Wildman–Crippen MR) is 82.0 cm³/mol. The van der Waals surface area contributed by atoms with Crippen LogP contribution in [0, 0.1) is 5.92 Å². The summed E-state index contributed by atoms with van der Waals surface area (Å²) in [6, 6.07) is -0.149. The van der Waals surface area contributed by atoms with E-state index in [1.807, 2.05) is 34.6 Å². The Bertz CT molecular complexity index is 360. The van der Waals surface area contributed by atoms with Crippen LogP contribution < -0.4 is 0 Å². The highest BCUT2D eigenvalue weighted by Gasteiger charge is 2.46. The zero-order valence-corrected chi connectivity index (χ0v) is 14.5. The van der Waals surface area contributed by atoms with Crippen LogP contribution in [0.15, 0.2) is 0 Å². The van der Waals surface area contributed by atoms with E-state index in [-0.39, 0.29) is 12.1 Å². The molecule has 1 amide bonds. The minimum absolute atomic E-state index is 0.149. The van der Waals surface area contributed by atoms with E-state index >= 15 is 0 Å². The van der Waals surface area contributed by atoms with Crippen LogP contribution in [0.25, 0.3) is 0 Å². The number of hydrogen-bond acceptors (Lipinski definition) is 4. The third kappa shape index (κ3) is 5.47. The van der Waals surface area contributed by atoms with Crippen LogP contribution >= 0.6 is 0 Å². The van der Waals surface area contributed by atoms with Gasteiger partial charge in [-0.2, -0.15) is 0 Å². The van der Waals surface area contributed by atoms with Crippen molar-refractivity contribution in [1.82, 2.24) is 4.90 Å². The van der Waals surface area contributed by atoms with Gasteiger partial charge >= 0.3 is 6.09 Å². The molecule has 0 aliphatic carbocycles. The number of aliphatic hydroxyl groups is 1. The van der Waals surface area contributed by atoms with Gasteiger partial charge in [0.1, 0.15) is 11.3 Å². The SMILES string of the molecule is CC(C)C[C@@H](O)C[C@H]1COC(C)(C)N1C(=O)OC(C)(C)C. The highest BCUT2D eigenvalue weighted by Crippen LogP contribution is 2.32. The largest absolute Gasteiger partial charge is 0.444 e. The molecule has 1 aliphatic rings. The molecule has 0 aromatic carbocycles. The molecule has 1 saturated heterocycles. The van der Waals surface area contributed by atoms with Crippen molar-refractivity contribution in [3.05, 3.63) is 0 Å². The summed E-state index contributed by atoms with van der Waals surface area (Å²) in [4.78, 5) is 14.1. The molecule has 5 nitrogen and oxygen atoms in total. The maximum absolute atomic E-state index is 12.4. The van der Waals surface area contributed by atoms with Gasteiger partial charge < -0.3 is 14.6 Å². The maximum atomic E-state index is 12.4. The Morgan fingerprint density at radius 3 is 2.48 bits per heavy atom. The second-order valence-electron chi connectivity index (χ2n) is 7.78. The highest BCUT2D eigenvalue weighted by atomic mass is 16.6. The molecule has 1 fully saturated rings. The van der Waals surface area contributed by atoms with Crippen molar-refractivity contribution in [2.45, 2.75) is 84.8 Å². The van der Waals surface area contributed by atoms with Gasteiger partial charge in [-0.1, -0.05) is 13.8 Å². The van der Waals surface area contributed by atoms with Crippen LogP contribution in [0.1, 0.15) is 61.3 Å². The summed E-state index contributed by atoms with van der Waals surface area (Å²) in [5, 5.41) is 10.1. The topological polar surface area (TPSA) is 59.0 Å². The molecule has 0 saturated carbocycles. The number of hydrogen-bond donors (Lipinski definition) is 1. The van der Waals surface area contributed by atoms with Crippen LogP contribution in [0.3, 0.4) is 0 Å². The van der Waals surface area contributed by atoms with E-state index < -0.39 is 17.4 Å². The summed E-state index contributed by atoms with van der Waals surface area (Å²) >= 11 is 0. The summed E-state index contributed by atoms with van der Waals surface area (Å²) in [7, 11) is 0. The molecule has 124 valence electrons. The Kier molecular flexibility index (Phi) is 5.67. The van der Waals surface area contributed by atoms with Crippen molar-refractivity contribution in [3.8, 4) is 0 Å². The fraction of sp³-hybridized carbons (Fsp3) is 0.938. The first-order valence-corrected chi connectivity index (χ1v) is 7.76. The van der Waals surface area contributed by atoms with Crippen molar-refractivity contribution < 1.29 is 19.4 Å². The number of carbonyl (C=O) groups excluding carboxylic acids is 1. The molecule has 0 aromatic heterocycles. The first kappa shape index (κ1) is 18.2. The van der Waals surface area contributed by atoms with E-state index in [4.69, 9.17) is 9.47 Å². The lowest BCUT2D eigenvalue weighted by molar-refractivity contribution is -0.0638. The van der Waals surface area contributed by atoms with Crippen LogP contribution in [-0.4, -0.2) is 46.2 Å². The summed E-state index contributed by atoms with van der Waals surface area (Å²) in [6.45, 7) is 13.8. The summed E-state index contributed by atoms with van der Waals surface area (Å²) < 4.78 is 11.2. The molecular formula is C16H31NO4. The van der Waals surface area contributed by atoms with Crippen LogP contribution in [-0.2, 0) is 9.47 Å². The fourth-order valence-corrected chi connectivity index (χ4v) is 2.69. The third-order valence-corrected chi connectivity index (χ3v) is 3.45. The van der Waals surface area contributed by atoms with E-state index in [1.165, 1.54) is 0 Å². The minimum Gasteiger partial charge on any atom is -0.444 e. The van der Waals surface area contributed by atoms with Gasteiger partial charge in [0.2, 0.25) is 0 Å². The van der Waals surface area contributed by atoms with Gasteiger partial charge in [-0.15, -0.1) is 0 Å². The predicted octanol–water partition coefficient (Wildman–Crippen LogP) is 3.16. The molecule has 1 rings (SSSR count). The lowest BCUT2D eigenvalue weighted by atomic mass is 9.99. The van der Waals surface area contributed by atoms with Gasteiger partial charge in [-0.05, 0) is 53.4 Å². The Morgan fingerprint density at radius 1 is 1.43 bits per heavy atom. The molecule has 2 atom stereocenters. The van der Waals surface area contributed by atoms with Crippen LogP contribution in [0.2, 0.25) is 0 Å². The van der Waals surface area contributed by atoms with Gasteiger partial charge in [-0.3, -0.25) is 4.90 Å². The molecule has 1 N–H and O–H groups in total. The summed E-state index contributed by atoms with van der Waals surface area (Å²) in [5.41, 5.74) is -1.25. The minimum atomic E-state index is -0.704. The molecule has 21 heavy (non-hydrogen) atoms. The number of ether oxygens (including phenoxy) is 2. The number of carbonyl (C=O) groups is 1. The second-order valence-corrected chi connectivity index (χ2v) is 7.78. The molecule has 1 heterocycles. The van der Waals surface area contributed by atoms with Crippen molar-refractivity contribution in [1.29, 1.82) is 0 Å². The standard InChI is InChI=1S/C16H31NO4/c1-11(2)8-13(18)9-12-10-20-16(6,7)17(12)14(19)21-15(3,4)5/h11-13,18H,8-10H2,1-7H3/t12-,13+/m0/s1. The molecule has 0 unspecified atom stereocenters. The molecule has 5 heteroatoms.